The highest BCUT2D eigenvalue weighted by molar-refractivity contribution is 5.85. The number of hydrogen-bond donors (Lipinski definition) is 1. The van der Waals surface area contributed by atoms with Gasteiger partial charge in [-0.2, -0.15) is 0 Å². The van der Waals surface area contributed by atoms with E-state index in [0.29, 0.717) is 44.3 Å². The minimum absolute atomic E-state index is 0.0820. The first-order valence-electron chi connectivity index (χ1n) is 9.54. The summed E-state index contributed by atoms with van der Waals surface area (Å²) in [4.78, 5) is 26.8. The van der Waals surface area contributed by atoms with Crippen LogP contribution in [0.1, 0.15) is 26.7 Å². The Kier molecular flexibility index (Phi) is 6.34. The molecule has 2 fully saturated rings. The van der Waals surface area contributed by atoms with E-state index in [1.807, 2.05) is 0 Å². The smallest absolute Gasteiger partial charge is 0.315 e. The molecule has 1 aromatic rings. The Labute approximate surface area is 160 Å². The van der Waals surface area contributed by atoms with Gasteiger partial charge in [-0.15, -0.1) is 0 Å². The number of hydrogen-bond acceptors (Lipinski definition) is 6. The van der Waals surface area contributed by atoms with Crippen molar-refractivity contribution >= 4 is 11.9 Å². The van der Waals surface area contributed by atoms with E-state index >= 15 is 0 Å². The minimum atomic E-state index is -1.02. The third-order valence-corrected chi connectivity index (χ3v) is 4.84. The Morgan fingerprint density at radius 2 is 1.96 bits per heavy atom. The quantitative estimate of drug-likeness (QED) is 0.621. The number of benzene rings is 1. The second-order valence-corrected chi connectivity index (χ2v) is 7.46. The number of nitrogens with one attached hydrogen (secondary N) is 1. The van der Waals surface area contributed by atoms with Gasteiger partial charge in [0.2, 0.25) is 0 Å². The number of morpholine rings is 1. The molecule has 1 atom stereocenters. The summed E-state index contributed by atoms with van der Waals surface area (Å²) in [5.74, 6) is 0.485. The standard InChI is InChI=1S/C20H28N2O5/c1-20(2,19(24)22-9-11-25-12-10-22)27-17-7-3-6-16(13-17)26-18(23)15-5-4-8-21-14-15/h3,6-7,13,15,21H,4-5,8-12,14H2,1-2H3/t15-/m1/s1. The normalized spacial score (nSPS) is 20.8. The van der Waals surface area contributed by atoms with Gasteiger partial charge in [-0.1, -0.05) is 6.07 Å². The monoisotopic (exact) mass is 376 g/mol. The highest BCUT2D eigenvalue weighted by atomic mass is 16.5. The molecule has 7 heteroatoms. The van der Waals surface area contributed by atoms with Crippen molar-refractivity contribution < 1.29 is 23.8 Å². The first kappa shape index (κ1) is 19.6. The number of nitrogens with zero attached hydrogens (tertiary/aromatic N) is 1. The average molecular weight is 376 g/mol. The van der Waals surface area contributed by atoms with E-state index in [4.69, 9.17) is 14.2 Å². The Balaban J connectivity index is 1.62. The van der Waals surface area contributed by atoms with Crippen molar-refractivity contribution in [3.05, 3.63) is 24.3 Å². The zero-order valence-electron chi connectivity index (χ0n) is 16.0. The molecule has 0 aliphatic carbocycles. The number of ether oxygens (including phenoxy) is 3. The molecule has 1 amide bonds. The number of rotatable bonds is 5. The summed E-state index contributed by atoms with van der Waals surface area (Å²) in [6, 6.07) is 6.89. The maximum atomic E-state index is 12.7. The molecule has 0 unspecified atom stereocenters. The highest BCUT2D eigenvalue weighted by Gasteiger charge is 2.35. The Morgan fingerprint density at radius 1 is 1.22 bits per heavy atom. The number of carbonyl (C=O) groups excluding carboxylic acids is 2. The molecule has 1 aromatic carbocycles. The average Bonchev–Trinajstić information content (AvgIpc) is 2.68. The molecular weight excluding hydrogens is 348 g/mol. The van der Waals surface area contributed by atoms with Gasteiger partial charge < -0.3 is 24.4 Å². The van der Waals surface area contributed by atoms with Crippen LogP contribution >= 0.6 is 0 Å². The molecule has 2 aliphatic heterocycles. The molecule has 0 bridgehead atoms. The van der Waals surface area contributed by atoms with Gasteiger partial charge in [0.05, 0.1) is 19.1 Å². The minimum Gasteiger partial charge on any atom is -0.478 e. The fourth-order valence-electron chi connectivity index (χ4n) is 3.34. The maximum absolute atomic E-state index is 12.7. The van der Waals surface area contributed by atoms with E-state index in [1.54, 1.807) is 43.0 Å². The summed E-state index contributed by atoms with van der Waals surface area (Å²) < 4.78 is 16.8. The lowest BCUT2D eigenvalue weighted by molar-refractivity contribution is -0.149. The van der Waals surface area contributed by atoms with Crippen molar-refractivity contribution in [2.75, 3.05) is 39.4 Å². The van der Waals surface area contributed by atoms with Gasteiger partial charge in [0.15, 0.2) is 5.60 Å². The zero-order chi connectivity index (χ0) is 19.3. The lowest BCUT2D eigenvalue weighted by atomic mass is 10.0. The molecule has 0 spiro atoms. The van der Waals surface area contributed by atoms with E-state index in [2.05, 4.69) is 5.32 Å². The summed E-state index contributed by atoms with van der Waals surface area (Å²) >= 11 is 0. The molecule has 3 rings (SSSR count). The molecule has 2 heterocycles. The van der Waals surface area contributed by atoms with Crippen LogP contribution < -0.4 is 14.8 Å². The third-order valence-electron chi connectivity index (χ3n) is 4.84. The van der Waals surface area contributed by atoms with E-state index < -0.39 is 5.60 Å². The van der Waals surface area contributed by atoms with Crippen molar-refractivity contribution in [1.82, 2.24) is 10.2 Å². The molecular formula is C20H28N2O5. The first-order valence-corrected chi connectivity index (χ1v) is 9.54. The van der Waals surface area contributed by atoms with Crippen LogP contribution in [0, 0.1) is 5.92 Å². The molecule has 0 saturated carbocycles. The van der Waals surface area contributed by atoms with E-state index in [-0.39, 0.29) is 17.8 Å². The van der Waals surface area contributed by atoms with Crippen LogP contribution in [-0.2, 0) is 14.3 Å². The topological polar surface area (TPSA) is 77.1 Å². The second-order valence-electron chi connectivity index (χ2n) is 7.46. The fourth-order valence-corrected chi connectivity index (χ4v) is 3.34. The van der Waals surface area contributed by atoms with E-state index in [0.717, 1.165) is 19.4 Å². The van der Waals surface area contributed by atoms with Crippen LogP contribution in [0.4, 0.5) is 0 Å². The number of esters is 1. The van der Waals surface area contributed by atoms with Gasteiger partial charge >= 0.3 is 5.97 Å². The zero-order valence-corrected chi connectivity index (χ0v) is 16.0. The van der Waals surface area contributed by atoms with Crippen LogP contribution in [-0.4, -0.2) is 61.8 Å². The lowest BCUT2D eigenvalue weighted by Gasteiger charge is -2.34. The Hall–Kier alpha value is -2.12. The molecule has 2 saturated heterocycles. The predicted octanol–water partition coefficient (Wildman–Crippen LogP) is 1.61. The fraction of sp³-hybridized carbons (Fsp3) is 0.600. The van der Waals surface area contributed by atoms with Gasteiger partial charge in [0, 0.05) is 25.7 Å². The summed E-state index contributed by atoms with van der Waals surface area (Å²) in [5.41, 5.74) is -1.02. The SMILES string of the molecule is CC(C)(Oc1cccc(OC(=O)[C@@H]2CCCNC2)c1)C(=O)N1CCOCC1. The molecule has 2 aliphatic rings. The molecule has 7 nitrogen and oxygen atoms in total. The number of carbonyl (C=O) groups is 2. The second kappa shape index (κ2) is 8.71. The van der Waals surface area contributed by atoms with Crippen molar-refractivity contribution in [1.29, 1.82) is 0 Å². The molecule has 0 radical (unpaired) electrons. The van der Waals surface area contributed by atoms with Gasteiger partial charge in [-0.25, -0.2) is 0 Å². The van der Waals surface area contributed by atoms with Crippen LogP contribution in [0.3, 0.4) is 0 Å². The van der Waals surface area contributed by atoms with Gasteiger partial charge in [-0.05, 0) is 45.4 Å². The summed E-state index contributed by atoms with van der Waals surface area (Å²) in [6.45, 7) is 7.31. The van der Waals surface area contributed by atoms with Crippen LogP contribution in [0.5, 0.6) is 11.5 Å². The van der Waals surface area contributed by atoms with Crippen LogP contribution in [0.2, 0.25) is 0 Å². The highest BCUT2D eigenvalue weighted by Crippen LogP contribution is 2.26. The summed E-state index contributed by atoms with van der Waals surface area (Å²) in [6.07, 6.45) is 1.81. The van der Waals surface area contributed by atoms with Crippen molar-refractivity contribution in [3.63, 3.8) is 0 Å². The van der Waals surface area contributed by atoms with Gasteiger partial charge in [-0.3, -0.25) is 9.59 Å². The molecule has 0 aromatic heterocycles. The maximum Gasteiger partial charge on any atom is 0.315 e. The Morgan fingerprint density at radius 3 is 2.67 bits per heavy atom. The summed E-state index contributed by atoms with van der Waals surface area (Å²) in [7, 11) is 0. The van der Waals surface area contributed by atoms with Crippen molar-refractivity contribution in [3.8, 4) is 11.5 Å². The Bertz CT molecular complexity index is 664. The van der Waals surface area contributed by atoms with Gasteiger partial charge in [0.25, 0.3) is 5.91 Å². The number of amides is 1. The third kappa shape index (κ3) is 5.20. The lowest BCUT2D eigenvalue weighted by Crippen LogP contribution is -2.52. The molecule has 148 valence electrons. The summed E-state index contributed by atoms with van der Waals surface area (Å²) in [5, 5.41) is 3.21. The van der Waals surface area contributed by atoms with Crippen molar-refractivity contribution in [2.45, 2.75) is 32.3 Å². The molecule has 1 N–H and O–H groups in total. The first-order chi connectivity index (χ1) is 13.0. The van der Waals surface area contributed by atoms with Crippen LogP contribution in [0.15, 0.2) is 24.3 Å². The van der Waals surface area contributed by atoms with Crippen LogP contribution in [0.25, 0.3) is 0 Å². The van der Waals surface area contributed by atoms with E-state index in [1.165, 1.54) is 0 Å². The van der Waals surface area contributed by atoms with Gasteiger partial charge in [0.1, 0.15) is 11.5 Å². The molecule has 27 heavy (non-hydrogen) atoms. The largest absolute Gasteiger partial charge is 0.478 e. The number of piperidine rings is 1. The predicted molar refractivity (Wildman–Crippen MR) is 99.8 cm³/mol. The van der Waals surface area contributed by atoms with Crippen molar-refractivity contribution in [2.24, 2.45) is 5.92 Å². The van der Waals surface area contributed by atoms with E-state index in [9.17, 15) is 9.59 Å².